The van der Waals surface area contributed by atoms with E-state index in [1.165, 1.54) is 22.4 Å². The summed E-state index contributed by atoms with van der Waals surface area (Å²) in [6, 6.07) is 19.8. The summed E-state index contributed by atoms with van der Waals surface area (Å²) in [6.07, 6.45) is 1.08. The van der Waals surface area contributed by atoms with Gasteiger partial charge in [0.2, 0.25) is 0 Å². The third-order valence-corrected chi connectivity index (χ3v) is 5.09. The van der Waals surface area contributed by atoms with Crippen LogP contribution >= 0.6 is 0 Å². The van der Waals surface area contributed by atoms with Crippen LogP contribution in [0.15, 0.2) is 59.7 Å². The molecule has 23 heavy (non-hydrogen) atoms. The van der Waals surface area contributed by atoms with E-state index >= 15 is 0 Å². The molecule has 0 bridgehead atoms. The summed E-state index contributed by atoms with van der Waals surface area (Å²) in [6.45, 7) is 5.41. The third-order valence-electron chi connectivity index (χ3n) is 5.09. The van der Waals surface area contributed by atoms with Crippen molar-refractivity contribution in [1.29, 1.82) is 0 Å². The van der Waals surface area contributed by atoms with E-state index in [9.17, 15) is 0 Å². The molecule has 4 rings (SSSR count). The maximum absolute atomic E-state index is 4.64. The van der Waals surface area contributed by atoms with Gasteiger partial charge in [0, 0.05) is 37.7 Å². The lowest BCUT2D eigenvalue weighted by atomic mass is 9.85. The summed E-state index contributed by atoms with van der Waals surface area (Å²) >= 11 is 0. The molecule has 1 fully saturated rings. The van der Waals surface area contributed by atoms with Crippen molar-refractivity contribution in [1.82, 2.24) is 10.3 Å². The zero-order chi connectivity index (χ0) is 15.6. The lowest BCUT2D eigenvalue weighted by molar-refractivity contribution is 0.220. The highest BCUT2D eigenvalue weighted by atomic mass is 15.4. The monoisotopic (exact) mass is 305 g/mol. The quantitative estimate of drug-likeness (QED) is 0.939. The van der Waals surface area contributed by atoms with Gasteiger partial charge in [-0.05, 0) is 23.6 Å². The van der Waals surface area contributed by atoms with Crippen LogP contribution in [0.25, 0.3) is 0 Å². The molecule has 3 heteroatoms. The molecule has 118 valence electrons. The van der Waals surface area contributed by atoms with Gasteiger partial charge in [-0.3, -0.25) is 4.90 Å². The molecule has 0 aromatic heterocycles. The standard InChI is InChI=1S/C20H23N3/c1-15-7-5-6-10-17(15)20-18-14-23(12-11-19(18)21-22-20)13-16-8-3-2-4-9-16/h2-10,18,20,22H,11-14H2,1H3. The van der Waals surface area contributed by atoms with E-state index in [4.69, 9.17) is 0 Å². The molecule has 2 heterocycles. The van der Waals surface area contributed by atoms with Gasteiger partial charge >= 0.3 is 0 Å². The van der Waals surface area contributed by atoms with E-state index in [1.807, 2.05) is 0 Å². The first-order chi connectivity index (χ1) is 11.3. The minimum atomic E-state index is 0.324. The van der Waals surface area contributed by atoms with Gasteiger partial charge in [-0.1, -0.05) is 54.6 Å². The highest BCUT2D eigenvalue weighted by molar-refractivity contribution is 5.90. The number of rotatable bonds is 3. The Morgan fingerprint density at radius 1 is 1.09 bits per heavy atom. The molecule has 2 aromatic carbocycles. The molecule has 0 aliphatic carbocycles. The summed E-state index contributed by atoms with van der Waals surface area (Å²) in [5, 5.41) is 4.64. The summed E-state index contributed by atoms with van der Waals surface area (Å²) in [7, 11) is 0. The van der Waals surface area contributed by atoms with Crippen LogP contribution in [0.4, 0.5) is 0 Å². The zero-order valence-corrected chi connectivity index (χ0v) is 13.6. The highest BCUT2D eigenvalue weighted by Gasteiger charge is 2.37. The Hall–Kier alpha value is -2.13. The second-order valence-electron chi connectivity index (χ2n) is 6.64. The molecule has 2 atom stereocenters. The summed E-state index contributed by atoms with van der Waals surface area (Å²) in [4.78, 5) is 2.57. The number of piperidine rings is 1. The Morgan fingerprint density at radius 3 is 2.70 bits per heavy atom. The molecule has 2 aliphatic heterocycles. The molecule has 2 unspecified atom stereocenters. The maximum atomic E-state index is 4.64. The summed E-state index contributed by atoms with van der Waals surface area (Å²) < 4.78 is 0. The van der Waals surface area contributed by atoms with Crippen molar-refractivity contribution in [3.05, 3.63) is 71.3 Å². The molecule has 3 nitrogen and oxygen atoms in total. The van der Waals surface area contributed by atoms with Crippen molar-refractivity contribution in [2.75, 3.05) is 13.1 Å². The van der Waals surface area contributed by atoms with Crippen molar-refractivity contribution >= 4 is 5.71 Å². The highest BCUT2D eigenvalue weighted by Crippen LogP contribution is 2.34. The molecule has 2 aliphatic rings. The summed E-state index contributed by atoms with van der Waals surface area (Å²) in [5.74, 6) is 0.494. The van der Waals surface area contributed by atoms with Crippen molar-refractivity contribution < 1.29 is 0 Å². The number of likely N-dealkylation sites (tertiary alicyclic amines) is 1. The van der Waals surface area contributed by atoms with Gasteiger partial charge in [0.15, 0.2) is 0 Å². The predicted octanol–water partition coefficient (Wildman–Crippen LogP) is 3.52. The SMILES string of the molecule is Cc1ccccc1C1NN=C2CCN(Cc3ccccc3)CC21. The number of benzene rings is 2. The van der Waals surface area contributed by atoms with Gasteiger partial charge in [0.25, 0.3) is 0 Å². The topological polar surface area (TPSA) is 27.6 Å². The fourth-order valence-electron chi connectivity index (χ4n) is 3.82. The normalized spacial score (nSPS) is 24.0. The minimum absolute atomic E-state index is 0.324. The average Bonchev–Trinajstić information content (AvgIpc) is 2.99. The van der Waals surface area contributed by atoms with Crippen LogP contribution in [0.3, 0.4) is 0 Å². The number of nitrogens with one attached hydrogen (secondary N) is 1. The first kappa shape index (κ1) is 14.5. The van der Waals surface area contributed by atoms with Crippen LogP contribution in [-0.2, 0) is 6.54 Å². The van der Waals surface area contributed by atoms with Gasteiger partial charge in [0.05, 0.1) is 6.04 Å². The Kier molecular flexibility index (Phi) is 3.88. The second kappa shape index (κ2) is 6.17. The van der Waals surface area contributed by atoms with Crippen LogP contribution in [0.5, 0.6) is 0 Å². The number of hydrogen-bond donors (Lipinski definition) is 1. The maximum Gasteiger partial charge on any atom is 0.0785 e. The van der Waals surface area contributed by atoms with E-state index in [2.05, 4.69) is 76.9 Å². The number of hydrazone groups is 1. The number of aryl methyl sites for hydroxylation is 1. The second-order valence-corrected chi connectivity index (χ2v) is 6.64. The number of nitrogens with zero attached hydrogens (tertiary/aromatic N) is 2. The predicted molar refractivity (Wildman–Crippen MR) is 94.3 cm³/mol. The van der Waals surface area contributed by atoms with Crippen LogP contribution in [0.2, 0.25) is 0 Å². The van der Waals surface area contributed by atoms with Gasteiger partial charge < -0.3 is 5.43 Å². The van der Waals surface area contributed by atoms with Crippen molar-refractivity contribution in [2.24, 2.45) is 11.0 Å². The molecule has 0 spiro atoms. The minimum Gasteiger partial charge on any atom is -0.302 e. The molecule has 1 N–H and O–H groups in total. The lowest BCUT2D eigenvalue weighted by Crippen LogP contribution is -2.41. The largest absolute Gasteiger partial charge is 0.302 e. The first-order valence-corrected chi connectivity index (χ1v) is 8.45. The van der Waals surface area contributed by atoms with Gasteiger partial charge in [-0.2, -0.15) is 5.10 Å². The van der Waals surface area contributed by atoms with Crippen LogP contribution < -0.4 is 5.43 Å². The van der Waals surface area contributed by atoms with E-state index in [-0.39, 0.29) is 0 Å². The molecular weight excluding hydrogens is 282 g/mol. The van der Waals surface area contributed by atoms with E-state index in [0.29, 0.717) is 12.0 Å². The third kappa shape index (κ3) is 2.89. The Labute approximate surface area is 138 Å². The van der Waals surface area contributed by atoms with Crippen molar-refractivity contribution in [2.45, 2.75) is 25.9 Å². The fraction of sp³-hybridized carbons (Fsp3) is 0.350. The molecule has 0 saturated carbocycles. The molecule has 1 saturated heterocycles. The molecule has 2 aromatic rings. The number of fused-ring (bicyclic) bond motifs is 1. The van der Waals surface area contributed by atoms with Crippen molar-refractivity contribution in [3.8, 4) is 0 Å². The van der Waals surface area contributed by atoms with Gasteiger partial charge in [-0.15, -0.1) is 0 Å². The van der Waals surface area contributed by atoms with Gasteiger partial charge in [-0.25, -0.2) is 0 Å². The average molecular weight is 305 g/mol. The Bertz CT molecular complexity index is 708. The molecule has 0 amide bonds. The summed E-state index contributed by atoms with van der Waals surface area (Å²) in [5.41, 5.74) is 8.88. The van der Waals surface area contributed by atoms with Crippen LogP contribution in [0, 0.1) is 12.8 Å². The fourth-order valence-corrected chi connectivity index (χ4v) is 3.82. The molecule has 0 radical (unpaired) electrons. The zero-order valence-electron chi connectivity index (χ0n) is 13.6. The smallest absolute Gasteiger partial charge is 0.0785 e. The Balaban J connectivity index is 1.51. The van der Waals surface area contributed by atoms with E-state index < -0.39 is 0 Å². The van der Waals surface area contributed by atoms with Crippen LogP contribution in [-0.4, -0.2) is 23.7 Å². The Morgan fingerprint density at radius 2 is 1.87 bits per heavy atom. The first-order valence-electron chi connectivity index (χ1n) is 8.45. The van der Waals surface area contributed by atoms with Crippen molar-refractivity contribution in [3.63, 3.8) is 0 Å². The van der Waals surface area contributed by atoms with Gasteiger partial charge in [0.1, 0.15) is 0 Å². The molecular formula is C20H23N3. The number of hydrogen-bond acceptors (Lipinski definition) is 3. The van der Waals surface area contributed by atoms with E-state index in [0.717, 1.165) is 26.1 Å². The van der Waals surface area contributed by atoms with E-state index in [1.54, 1.807) is 0 Å². The lowest BCUT2D eigenvalue weighted by Gasteiger charge is -2.34. The van der Waals surface area contributed by atoms with Crippen LogP contribution in [0.1, 0.15) is 29.2 Å².